The minimum Gasteiger partial charge on any atom is -0.387 e. The van der Waals surface area contributed by atoms with E-state index >= 15 is 0 Å². The maximum atomic E-state index is 5.47. The van der Waals surface area contributed by atoms with Crippen molar-refractivity contribution >= 4 is 23.5 Å². The van der Waals surface area contributed by atoms with Crippen LogP contribution in [0.3, 0.4) is 0 Å². The Kier molecular flexibility index (Phi) is 4.04. The van der Waals surface area contributed by atoms with Crippen LogP contribution in [0.25, 0.3) is 6.08 Å². The molecule has 1 saturated heterocycles. The maximum Gasteiger partial charge on any atom is 0.134 e. The smallest absolute Gasteiger partial charge is 0.134 e. The highest BCUT2D eigenvalue weighted by Gasteiger charge is 2.20. The number of rotatable bonds is 4. The van der Waals surface area contributed by atoms with Gasteiger partial charge in [0.1, 0.15) is 17.5 Å². The number of nitrogens with zero attached hydrogens (tertiary/aromatic N) is 2. The summed E-state index contributed by atoms with van der Waals surface area (Å²) in [6, 6.07) is 6.37. The summed E-state index contributed by atoms with van der Waals surface area (Å²) in [4.78, 5) is 9.14. The fourth-order valence-corrected chi connectivity index (χ4v) is 3.00. The highest BCUT2D eigenvalue weighted by atomic mass is 16.5. The zero-order chi connectivity index (χ0) is 16.4. The van der Waals surface area contributed by atoms with Crippen molar-refractivity contribution in [3.8, 4) is 0 Å². The quantitative estimate of drug-likeness (QED) is 0.804. The maximum absolute atomic E-state index is 5.47. The van der Waals surface area contributed by atoms with E-state index in [1.807, 2.05) is 18.3 Å². The second-order valence-corrected chi connectivity index (χ2v) is 6.19. The summed E-state index contributed by atoms with van der Waals surface area (Å²) in [7, 11) is 0. The van der Waals surface area contributed by atoms with Crippen LogP contribution < -0.4 is 16.0 Å². The van der Waals surface area contributed by atoms with E-state index in [9.17, 15) is 0 Å². The standard InChI is InChI=1S/C18H21N5O/c1-12-2-6-20-16(8-12)22-17-9-13-3-5-19-10-15(13)18(23-17)21-14-4-7-24-11-14/h2-3,5-6,8-9,14,19H,4,7,10-11H2,1H3,(H2,20,21,22,23)/t14-/m0/s1. The van der Waals surface area contributed by atoms with Crippen LogP contribution in [0.4, 0.5) is 17.5 Å². The molecule has 2 aromatic heterocycles. The molecular formula is C18H21N5O. The second-order valence-electron chi connectivity index (χ2n) is 6.19. The first-order valence-electron chi connectivity index (χ1n) is 8.26. The molecule has 0 spiro atoms. The van der Waals surface area contributed by atoms with Gasteiger partial charge in [-0.25, -0.2) is 9.97 Å². The van der Waals surface area contributed by atoms with Crippen LogP contribution in [0.2, 0.25) is 0 Å². The molecule has 2 aliphatic heterocycles. The molecule has 0 aromatic carbocycles. The van der Waals surface area contributed by atoms with E-state index in [0.29, 0.717) is 6.04 Å². The molecule has 24 heavy (non-hydrogen) atoms. The molecule has 4 heterocycles. The molecular weight excluding hydrogens is 302 g/mol. The van der Waals surface area contributed by atoms with Crippen molar-refractivity contribution in [2.24, 2.45) is 0 Å². The highest BCUT2D eigenvalue weighted by Crippen LogP contribution is 2.28. The Labute approximate surface area is 141 Å². The predicted octanol–water partition coefficient (Wildman–Crippen LogP) is 2.80. The van der Waals surface area contributed by atoms with E-state index in [4.69, 9.17) is 9.72 Å². The molecule has 1 fully saturated rings. The van der Waals surface area contributed by atoms with E-state index in [2.05, 4.69) is 40.0 Å². The summed E-state index contributed by atoms with van der Waals surface area (Å²) in [6.45, 7) is 4.37. The van der Waals surface area contributed by atoms with Crippen LogP contribution in [-0.2, 0) is 11.3 Å². The molecule has 0 radical (unpaired) electrons. The van der Waals surface area contributed by atoms with Gasteiger partial charge in [0.25, 0.3) is 0 Å². The molecule has 4 rings (SSSR count). The van der Waals surface area contributed by atoms with E-state index < -0.39 is 0 Å². The number of nitrogens with one attached hydrogen (secondary N) is 3. The Bertz CT molecular complexity index is 768. The molecule has 3 N–H and O–H groups in total. The van der Waals surface area contributed by atoms with Crippen molar-refractivity contribution in [3.63, 3.8) is 0 Å². The van der Waals surface area contributed by atoms with Crippen LogP contribution in [0.15, 0.2) is 30.6 Å². The molecule has 6 nitrogen and oxygen atoms in total. The second kappa shape index (κ2) is 6.49. The van der Waals surface area contributed by atoms with Crippen LogP contribution in [0, 0.1) is 6.92 Å². The van der Waals surface area contributed by atoms with Crippen LogP contribution in [-0.4, -0.2) is 29.2 Å². The Morgan fingerprint density at radius 3 is 3.08 bits per heavy atom. The van der Waals surface area contributed by atoms with E-state index in [1.54, 1.807) is 6.20 Å². The van der Waals surface area contributed by atoms with Crippen molar-refractivity contribution in [1.29, 1.82) is 0 Å². The lowest BCUT2D eigenvalue weighted by Gasteiger charge is -2.21. The minimum absolute atomic E-state index is 0.319. The number of pyridine rings is 2. The molecule has 0 aliphatic carbocycles. The lowest BCUT2D eigenvalue weighted by Crippen LogP contribution is -2.23. The fraction of sp³-hybridized carbons (Fsp3) is 0.333. The molecule has 2 aromatic rings. The lowest BCUT2D eigenvalue weighted by molar-refractivity contribution is 0.195. The van der Waals surface area contributed by atoms with Crippen molar-refractivity contribution < 1.29 is 4.74 Å². The molecule has 1 atom stereocenters. The molecule has 0 unspecified atom stereocenters. The van der Waals surface area contributed by atoms with Gasteiger partial charge in [0.2, 0.25) is 0 Å². The Morgan fingerprint density at radius 2 is 2.25 bits per heavy atom. The summed E-state index contributed by atoms with van der Waals surface area (Å²) in [6.07, 6.45) is 6.86. The van der Waals surface area contributed by atoms with Gasteiger partial charge in [-0.05, 0) is 54.9 Å². The first-order valence-corrected chi connectivity index (χ1v) is 8.26. The minimum atomic E-state index is 0.319. The van der Waals surface area contributed by atoms with E-state index in [1.165, 1.54) is 11.1 Å². The number of hydrogen-bond donors (Lipinski definition) is 3. The van der Waals surface area contributed by atoms with Crippen LogP contribution in [0.1, 0.15) is 23.1 Å². The van der Waals surface area contributed by atoms with E-state index in [0.717, 1.165) is 49.2 Å². The van der Waals surface area contributed by atoms with Crippen LogP contribution >= 0.6 is 0 Å². The number of fused-ring (bicyclic) bond motifs is 1. The van der Waals surface area contributed by atoms with Crippen LogP contribution in [0.5, 0.6) is 0 Å². The zero-order valence-corrected chi connectivity index (χ0v) is 13.7. The third kappa shape index (κ3) is 3.19. The summed E-state index contributed by atoms with van der Waals surface area (Å²) in [5.41, 5.74) is 3.52. The summed E-state index contributed by atoms with van der Waals surface area (Å²) in [5, 5.41) is 10.1. The van der Waals surface area contributed by atoms with Gasteiger partial charge in [-0.2, -0.15) is 0 Å². The van der Waals surface area contributed by atoms with Crippen molar-refractivity contribution in [2.75, 3.05) is 23.8 Å². The van der Waals surface area contributed by atoms with Crippen molar-refractivity contribution in [3.05, 3.63) is 47.3 Å². The van der Waals surface area contributed by atoms with E-state index in [-0.39, 0.29) is 0 Å². The summed E-state index contributed by atoms with van der Waals surface area (Å²) in [5.74, 6) is 2.50. The van der Waals surface area contributed by atoms with Gasteiger partial charge in [0, 0.05) is 24.9 Å². The third-order valence-corrected chi connectivity index (χ3v) is 4.26. The number of anilines is 3. The number of aromatic nitrogens is 2. The number of ether oxygens (including phenoxy) is 1. The van der Waals surface area contributed by atoms with Gasteiger partial charge >= 0.3 is 0 Å². The Hall–Kier alpha value is -2.60. The van der Waals surface area contributed by atoms with Gasteiger partial charge in [0.15, 0.2) is 0 Å². The van der Waals surface area contributed by atoms with Gasteiger partial charge < -0.3 is 20.7 Å². The first-order chi connectivity index (χ1) is 11.8. The SMILES string of the molecule is Cc1ccnc(Nc2cc3c(c(N[C@H]4CCOC4)n2)CNC=C3)c1. The van der Waals surface area contributed by atoms with Gasteiger partial charge in [-0.15, -0.1) is 0 Å². The zero-order valence-electron chi connectivity index (χ0n) is 13.7. The average Bonchev–Trinajstić information content (AvgIpc) is 3.08. The van der Waals surface area contributed by atoms with Gasteiger partial charge in [-0.1, -0.05) is 0 Å². The van der Waals surface area contributed by atoms with Gasteiger partial charge in [-0.3, -0.25) is 0 Å². The fourth-order valence-electron chi connectivity index (χ4n) is 3.00. The molecule has 2 aliphatic rings. The number of aryl methyl sites for hydroxylation is 1. The molecule has 0 amide bonds. The summed E-state index contributed by atoms with van der Waals surface area (Å²) >= 11 is 0. The molecule has 0 bridgehead atoms. The highest BCUT2D eigenvalue weighted by molar-refractivity contribution is 5.69. The monoisotopic (exact) mass is 323 g/mol. The normalized spacial score (nSPS) is 18.8. The Morgan fingerprint density at radius 1 is 1.29 bits per heavy atom. The number of hydrogen-bond acceptors (Lipinski definition) is 6. The molecule has 0 saturated carbocycles. The third-order valence-electron chi connectivity index (χ3n) is 4.26. The van der Waals surface area contributed by atoms with Gasteiger partial charge in [0.05, 0.1) is 12.6 Å². The molecule has 6 heteroatoms. The predicted molar refractivity (Wildman–Crippen MR) is 95.2 cm³/mol. The van der Waals surface area contributed by atoms with Crippen molar-refractivity contribution in [2.45, 2.75) is 25.9 Å². The topological polar surface area (TPSA) is 71.1 Å². The molecule has 124 valence electrons. The average molecular weight is 323 g/mol. The largest absolute Gasteiger partial charge is 0.387 e. The first kappa shape index (κ1) is 15.0. The van der Waals surface area contributed by atoms with Crippen molar-refractivity contribution in [1.82, 2.24) is 15.3 Å². The summed E-state index contributed by atoms with van der Waals surface area (Å²) < 4.78 is 5.47. The lowest BCUT2D eigenvalue weighted by atomic mass is 10.1. The Balaban J connectivity index is 1.65.